The van der Waals surface area contributed by atoms with Gasteiger partial charge in [-0.15, -0.1) is 0 Å². The van der Waals surface area contributed by atoms with Gasteiger partial charge in [0.25, 0.3) is 0 Å². The van der Waals surface area contributed by atoms with Gasteiger partial charge < -0.3 is 10.4 Å². The molecule has 1 aromatic rings. The highest BCUT2D eigenvalue weighted by molar-refractivity contribution is 5.19. The molecule has 0 amide bonds. The second kappa shape index (κ2) is 7.36. The summed E-state index contributed by atoms with van der Waals surface area (Å²) in [5, 5.41) is 12.1. The van der Waals surface area contributed by atoms with E-state index in [1.54, 1.807) is 12.1 Å². The van der Waals surface area contributed by atoms with Crippen molar-refractivity contribution in [3.8, 4) is 0 Å². The van der Waals surface area contributed by atoms with Crippen LogP contribution in [0, 0.1) is 5.82 Å². The van der Waals surface area contributed by atoms with Gasteiger partial charge in [-0.25, -0.2) is 4.39 Å². The molecule has 0 saturated carbocycles. The molecule has 0 radical (unpaired) electrons. The summed E-state index contributed by atoms with van der Waals surface area (Å²) in [4.78, 5) is 0. The van der Waals surface area contributed by atoms with Gasteiger partial charge in [0.2, 0.25) is 0 Å². The molecule has 1 rings (SSSR count). The van der Waals surface area contributed by atoms with E-state index in [0.717, 1.165) is 24.8 Å². The SMILES string of the molecule is CCCCC(NCCO)c1ccc(F)cc1. The molecule has 2 nitrogen and oxygen atoms in total. The first-order chi connectivity index (χ1) is 7.77. The van der Waals surface area contributed by atoms with Gasteiger partial charge in [-0.1, -0.05) is 31.9 Å². The van der Waals surface area contributed by atoms with E-state index in [1.165, 1.54) is 12.1 Å². The van der Waals surface area contributed by atoms with Crippen LogP contribution in [0.15, 0.2) is 24.3 Å². The van der Waals surface area contributed by atoms with Gasteiger partial charge >= 0.3 is 0 Å². The molecule has 0 aliphatic rings. The molecule has 0 saturated heterocycles. The summed E-state index contributed by atoms with van der Waals surface area (Å²) < 4.78 is 12.8. The van der Waals surface area contributed by atoms with Crippen LogP contribution < -0.4 is 5.32 Å². The number of nitrogens with one attached hydrogen (secondary N) is 1. The molecular formula is C13H20FNO. The molecule has 0 spiro atoms. The van der Waals surface area contributed by atoms with Crippen molar-refractivity contribution >= 4 is 0 Å². The third kappa shape index (κ3) is 4.29. The van der Waals surface area contributed by atoms with Crippen molar-refractivity contribution in [3.63, 3.8) is 0 Å². The van der Waals surface area contributed by atoms with Crippen LogP contribution in [0.2, 0.25) is 0 Å². The summed E-state index contributed by atoms with van der Waals surface area (Å²) in [5.74, 6) is -0.208. The summed E-state index contributed by atoms with van der Waals surface area (Å²) >= 11 is 0. The number of benzene rings is 1. The van der Waals surface area contributed by atoms with E-state index in [1.807, 2.05) is 0 Å². The minimum Gasteiger partial charge on any atom is -0.395 e. The zero-order valence-electron chi connectivity index (χ0n) is 9.75. The molecule has 0 aliphatic heterocycles. The van der Waals surface area contributed by atoms with Crippen LogP contribution in [0.4, 0.5) is 4.39 Å². The van der Waals surface area contributed by atoms with E-state index in [9.17, 15) is 4.39 Å². The maximum absolute atomic E-state index is 12.8. The van der Waals surface area contributed by atoms with Crippen LogP contribution in [0.25, 0.3) is 0 Å². The first kappa shape index (κ1) is 13.1. The van der Waals surface area contributed by atoms with E-state index >= 15 is 0 Å². The molecule has 2 N–H and O–H groups in total. The van der Waals surface area contributed by atoms with Crippen LogP contribution in [0.3, 0.4) is 0 Å². The van der Waals surface area contributed by atoms with Gasteiger partial charge in [-0.3, -0.25) is 0 Å². The Hall–Kier alpha value is -0.930. The molecule has 0 heterocycles. The van der Waals surface area contributed by atoms with Crippen LogP contribution >= 0.6 is 0 Å². The Balaban J connectivity index is 2.62. The summed E-state index contributed by atoms with van der Waals surface area (Å²) in [5.41, 5.74) is 1.09. The highest BCUT2D eigenvalue weighted by atomic mass is 19.1. The quantitative estimate of drug-likeness (QED) is 0.747. The number of halogens is 1. The number of aliphatic hydroxyl groups excluding tert-OH is 1. The molecule has 16 heavy (non-hydrogen) atoms. The number of aliphatic hydroxyl groups is 1. The first-order valence-electron chi connectivity index (χ1n) is 5.87. The lowest BCUT2D eigenvalue weighted by atomic mass is 10.0. The van der Waals surface area contributed by atoms with Crippen molar-refractivity contribution in [1.29, 1.82) is 0 Å². The van der Waals surface area contributed by atoms with E-state index in [0.29, 0.717) is 6.54 Å². The fourth-order valence-corrected chi connectivity index (χ4v) is 1.73. The fraction of sp³-hybridized carbons (Fsp3) is 0.538. The minimum atomic E-state index is -0.208. The highest BCUT2D eigenvalue weighted by Gasteiger charge is 2.09. The number of hydrogen-bond acceptors (Lipinski definition) is 2. The molecule has 1 aromatic carbocycles. The Morgan fingerprint density at radius 1 is 1.31 bits per heavy atom. The third-order valence-corrected chi connectivity index (χ3v) is 2.62. The molecule has 0 fully saturated rings. The van der Waals surface area contributed by atoms with Crippen molar-refractivity contribution in [2.45, 2.75) is 32.2 Å². The van der Waals surface area contributed by atoms with Crippen molar-refractivity contribution in [3.05, 3.63) is 35.6 Å². The molecular weight excluding hydrogens is 205 g/mol. The minimum absolute atomic E-state index is 0.129. The van der Waals surface area contributed by atoms with Crippen LogP contribution in [-0.4, -0.2) is 18.3 Å². The summed E-state index contributed by atoms with van der Waals surface area (Å²) in [6, 6.07) is 6.79. The lowest BCUT2D eigenvalue weighted by Crippen LogP contribution is -2.24. The molecule has 3 heteroatoms. The topological polar surface area (TPSA) is 32.3 Å². The third-order valence-electron chi connectivity index (χ3n) is 2.62. The van der Waals surface area contributed by atoms with Crippen LogP contribution in [-0.2, 0) is 0 Å². The number of hydrogen-bond donors (Lipinski definition) is 2. The molecule has 1 atom stereocenters. The highest BCUT2D eigenvalue weighted by Crippen LogP contribution is 2.19. The zero-order chi connectivity index (χ0) is 11.8. The van der Waals surface area contributed by atoms with Crippen molar-refractivity contribution in [2.24, 2.45) is 0 Å². The summed E-state index contributed by atoms with van der Waals surface area (Å²) in [6.07, 6.45) is 3.28. The van der Waals surface area contributed by atoms with Crippen LogP contribution in [0.5, 0.6) is 0 Å². The second-order valence-corrected chi connectivity index (χ2v) is 3.92. The maximum atomic E-state index is 12.8. The van der Waals surface area contributed by atoms with E-state index in [4.69, 9.17) is 5.11 Å². The predicted octanol–water partition coefficient (Wildman–Crippen LogP) is 2.64. The Morgan fingerprint density at radius 2 is 2.00 bits per heavy atom. The number of rotatable bonds is 7. The molecule has 1 unspecified atom stereocenters. The molecule has 0 bridgehead atoms. The lowest BCUT2D eigenvalue weighted by molar-refractivity contribution is 0.282. The monoisotopic (exact) mass is 225 g/mol. The number of unbranched alkanes of at least 4 members (excludes halogenated alkanes) is 1. The Kier molecular flexibility index (Phi) is 6.04. The van der Waals surface area contributed by atoms with Crippen LogP contribution in [0.1, 0.15) is 37.8 Å². The van der Waals surface area contributed by atoms with Gasteiger partial charge in [0.15, 0.2) is 0 Å². The van der Waals surface area contributed by atoms with Crippen molar-refractivity contribution in [1.82, 2.24) is 5.32 Å². The normalized spacial score (nSPS) is 12.7. The molecule has 0 aromatic heterocycles. The van der Waals surface area contributed by atoms with Crippen molar-refractivity contribution < 1.29 is 9.50 Å². The largest absolute Gasteiger partial charge is 0.395 e. The smallest absolute Gasteiger partial charge is 0.123 e. The van der Waals surface area contributed by atoms with E-state index < -0.39 is 0 Å². The second-order valence-electron chi connectivity index (χ2n) is 3.92. The lowest BCUT2D eigenvalue weighted by Gasteiger charge is -2.18. The van der Waals surface area contributed by atoms with Gasteiger partial charge in [-0.05, 0) is 24.1 Å². The standard InChI is InChI=1S/C13H20FNO/c1-2-3-4-13(15-9-10-16)11-5-7-12(14)8-6-11/h5-8,13,15-16H,2-4,9-10H2,1H3. The fourth-order valence-electron chi connectivity index (χ4n) is 1.73. The Labute approximate surface area is 96.5 Å². The Morgan fingerprint density at radius 3 is 2.56 bits per heavy atom. The summed E-state index contributed by atoms with van der Waals surface area (Å²) in [7, 11) is 0. The van der Waals surface area contributed by atoms with Gasteiger partial charge in [-0.2, -0.15) is 0 Å². The average molecular weight is 225 g/mol. The van der Waals surface area contributed by atoms with Gasteiger partial charge in [0.1, 0.15) is 5.82 Å². The maximum Gasteiger partial charge on any atom is 0.123 e. The Bertz CT molecular complexity index is 278. The average Bonchev–Trinajstić information content (AvgIpc) is 2.31. The van der Waals surface area contributed by atoms with E-state index in [2.05, 4.69) is 12.2 Å². The molecule has 0 aliphatic carbocycles. The predicted molar refractivity (Wildman–Crippen MR) is 63.8 cm³/mol. The first-order valence-corrected chi connectivity index (χ1v) is 5.87. The zero-order valence-corrected chi connectivity index (χ0v) is 9.75. The van der Waals surface area contributed by atoms with Gasteiger partial charge in [0, 0.05) is 12.6 Å². The molecule has 90 valence electrons. The van der Waals surface area contributed by atoms with E-state index in [-0.39, 0.29) is 18.5 Å². The van der Waals surface area contributed by atoms with Crippen molar-refractivity contribution in [2.75, 3.05) is 13.2 Å². The van der Waals surface area contributed by atoms with Gasteiger partial charge in [0.05, 0.1) is 6.61 Å². The summed E-state index contributed by atoms with van der Waals surface area (Å²) in [6.45, 7) is 2.85.